The molecule has 1 saturated heterocycles. The summed E-state index contributed by atoms with van der Waals surface area (Å²) < 4.78 is 44.1. The number of rotatable bonds is 6. The summed E-state index contributed by atoms with van der Waals surface area (Å²) in [5.74, 6) is 3.92. The molecule has 1 aliphatic heterocycles. The number of carbonyl (C=O) groups is 1. The molecule has 5 nitrogen and oxygen atoms in total. The van der Waals surface area contributed by atoms with E-state index in [0.29, 0.717) is 42.3 Å². The van der Waals surface area contributed by atoms with Gasteiger partial charge in [-0.1, -0.05) is 18.1 Å². The molecule has 5 rings (SSSR count). The average Bonchev–Trinajstić information content (AvgIpc) is 3.62. The summed E-state index contributed by atoms with van der Waals surface area (Å²) in [6.07, 6.45) is -0.581. The minimum absolute atomic E-state index is 0.210. The largest absolute Gasteiger partial charge is 0.492 e. The Morgan fingerprint density at radius 1 is 1.25 bits per heavy atom. The number of aryl methyl sites for hydroxylation is 1. The normalized spacial score (nSPS) is 18.6. The van der Waals surface area contributed by atoms with Crippen molar-refractivity contribution in [2.75, 3.05) is 20.2 Å². The second-order valence-electron chi connectivity index (χ2n) is 9.59. The summed E-state index contributed by atoms with van der Waals surface area (Å²) >= 11 is 0. The summed E-state index contributed by atoms with van der Waals surface area (Å²) in [7, 11) is 2.06. The summed E-state index contributed by atoms with van der Waals surface area (Å²) in [6, 6.07) is 12.7. The van der Waals surface area contributed by atoms with Crippen molar-refractivity contribution in [1.82, 2.24) is 15.2 Å². The molecular formula is C28H26F3N3O2. The molecule has 1 aromatic heterocycles. The fourth-order valence-corrected chi connectivity index (χ4v) is 4.57. The summed E-state index contributed by atoms with van der Waals surface area (Å²) in [6.45, 7) is 3.49. The van der Waals surface area contributed by atoms with Gasteiger partial charge in [0.05, 0.1) is 11.1 Å². The molecular weight excluding hydrogens is 467 g/mol. The van der Waals surface area contributed by atoms with Crippen LogP contribution in [0.1, 0.15) is 46.3 Å². The fraction of sp³-hybridized carbons (Fsp3) is 0.357. The van der Waals surface area contributed by atoms with Gasteiger partial charge in [0.25, 0.3) is 5.91 Å². The third-order valence-electron chi connectivity index (χ3n) is 7.02. The zero-order valence-electron chi connectivity index (χ0n) is 20.1. The Morgan fingerprint density at radius 3 is 2.72 bits per heavy atom. The van der Waals surface area contributed by atoms with Gasteiger partial charge in [0.1, 0.15) is 12.4 Å². The summed E-state index contributed by atoms with van der Waals surface area (Å²) in [5, 5.41) is 3.94. The summed E-state index contributed by atoms with van der Waals surface area (Å²) in [4.78, 5) is 20.0. The Hall–Kier alpha value is -3.57. The number of likely N-dealkylation sites (N-methyl/N-ethyl adjacent to an activating group) is 1. The van der Waals surface area contributed by atoms with Crippen LogP contribution < -0.4 is 10.1 Å². The third-order valence-corrected chi connectivity index (χ3v) is 7.02. The number of likely N-dealkylation sites (tertiary alicyclic amines) is 1. The van der Waals surface area contributed by atoms with E-state index in [4.69, 9.17) is 4.74 Å². The third kappa shape index (κ3) is 5.02. The van der Waals surface area contributed by atoms with Crippen LogP contribution >= 0.6 is 0 Å². The first kappa shape index (κ1) is 24.1. The molecule has 0 unspecified atom stereocenters. The van der Waals surface area contributed by atoms with Crippen LogP contribution in [-0.4, -0.2) is 48.2 Å². The van der Waals surface area contributed by atoms with Gasteiger partial charge in [0.2, 0.25) is 0 Å². The highest BCUT2D eigenvalue weighted by Gasteiger charge is 2.47. The number of fused-ring (bicyclic) bond motifs is 1. The molecule has 1 aliphatic carbocycles. The minimum Gasteiger partial charge on any atom is -0.492 e. The van der Waals surface area contributed by atoms with E-state index < -0.39 is 11.7 Å². The number of halogens is 3. The van der Waals surface area contributed by atoms with Gasteiger partial charge in [-0.3, -0.25) is 14.7 Å². The molecule has 2 fully saturated rings. The molecule has 1 saturated carbocycles. The molecule has 2 aromatic carbocycles. The predicted molar refractivity (Wildman–Crippen MR) is 131 cm³/mol. The number of aromatic nitrogens is 1. The molecule has 0 radical (unpaired) electrons. The maximum Gasteiger partial charge on any atom is 0.458 e. The van der Waals surface area contributed by atoms with Crippen LogP contribution in [0.3, 0.4) is 0 Å². The highest BCUT2D eigenvalue weighted by molar-refractivity contribution is 5.97. The summed E-state index contributed by atoms with van der Waals surface area (Å²) in [5.41, 5.74) is 2.11. The van der Waals surface area contributed by atoms with Gasteiger partial charge >= 0.3 is 6.18 Å². The highest BCUT2D eigenvalue weighted by Crippen LogP contribution is 2.48. The topological polar surface area (TPSA) is 54.5 Å². The second kappa shape index (κ2) is 9.14. The Balaban J connectivity index is 1.42. The number of carbonyl (C=O) groups excluding carboxylic acids is 1. The molecule has 3 aromatic rings. The SMILES string of the molecule is Cc1ccc(OC[C@@H]2CCN2C)cc1C(=O)NC1(c2cc(C#CC(F)(F)F)cc3ncccc23)CC1. The van der Waals surface area contributed by atoms with Gasteiger partial charge in [0.15, 0.2) is 0 Å². The average molecular weight is 494 g/mol. The highest BCUT2D eigenvalue weighted by atomic mass is 19.4. The maximum atomic E-state index is 13.4. The first-order valence-corrected chi connectivity index (χ1v) is 11.9. The number of pyridine rings is 1. The van der Waals surface area contributed by atoms with E-state index in [0.717, 1.165) is 29.5 Å². The zero-order chi connectivity index (χ0) is 25.5. The molecule has 2 heterocycles. The van der Waals surface area contributed by atoms with Gasteiger partial charge in [-0.15, -0.1) is 0 Å². The lowest BCUT2D eigenvalue weighted by atomic mass is 9.95. The van der Waals surface area contributed by atoms with Crippen LogP contribution in [0, 0.1) is 18.8 Å². The molecule has 0 spiro atoms. The Labute approximate surface area is 207 Å². The van der Waals surface area contributed by atoms with Crippen LogP contribution in [0.4, 0.5) is 13.2 Å². The Morgan fingerprint density at radius 2 is 2.06 bits per heavy atom. The monoisotopic (exact) mass is 493 g/mol. The first-order chi connectivity index (χ1) is 17.1. The van der Waals surface area contributed by atoms with Crippen molar-refractivity contribution in [1.29, 1.82) is 0 Å². The van der Waals surface area contributed by atoms with E-state index in [1.807, 2.05) is 25.1 Å². The molecule has 36 heavy (non-hydrogen) atoms. The number of nitrogens with one attached hydrogen (secondary N) is 1. The van der Waals surface area contributed by atoms with E-state index >= 15 is 0 Å². The number of amides is 1. The number of alkyl halides is 3. The van der Waals surface area contributed by atoms with Gasteiger partial charge in [-0.25, -0.2) is 0 Å². The lowest BCUT2D eigenvalue weighted by Crippen LogP contribution is -2.48. The quantitative estimate of drug-likeness (QED) is 0.494. The van der Waals surface area contributed by atoms with Crippen LogP contribution in [0.15, 0.2) is 48.7 Å². The zero-order valence-corrected chi connectivity index (χ0v) is 20.1. The molecule has 1 atom stereocenters. The van der Waals surface area contributed by atoms with Crippen molar-refractivity contribution in [3.05, 3.63) is 70.9 Å². The molecule has 186 valence electrons. The standard InChI is InChI=1S/C28H26F3N3O2/c1-18-5-6-21(36-17-20-8-13-34(20)2)16-23(18)26(35)33-27(10-11-27)24-14-19(7-9-28(29,30)31)15-25-22(24)4-3-12-32-25/h3-6,12,14-16,20H,8,10-11,13,17H2,1-2H3,(H,33,35)/t20-/m0/s1. The lowest BCUT2D eigenvalue weighted by Gasteiger charge is -2.37. The van der Waals surface area contributed by atoms with Crippen molar-refractivity contribution in [2.24, 2.45) is 0 Å². The van der Waals surface area contributed by atoms with Crippen molar-refractivity contribution in [3.63, 3.8) is 0 Å². The first-order valence-electron chi connectivity index (χ1n) is 11.9. The smallest absolute Gasteiger partial charge is 0.458 e. The van der Waals surface area contributed by atoms with E-state index in [1.165, 1.54) is 5.92 Å². The molecule has 8 heteroatoms. The van der Waals surface area contributed by atoms with Gasteiger partial charge < -0.3 is 10.1 Å². The number of ether oxygens (including phenoxy) is 1. The Bertz CT molecular complexity index is 1390. The van der Waals surface area contributed by atoms with Gasteiger partial charge in [0, 0.05) is 34.7 Å². The van der Waals surface area contributed by atoms with Gasteiger partial charge in [-0.05, 0) is 81.2 Å². The molecule has 1 amide bonds. The van der Waals surface area contributed by atoms with Gasteiger partial charge in [-0.2, -0.15) is 13.2 Å². The maximum absolute atomic E-state index is 13.4. The predicted octanol–water partition coefficient (Wildman–Crippen LogP) is 4.96. The van der Waals surface area contributed by atoms with E-state index in [1.54, 1.807) is 30.5 Å². The van der Waals surface area contributed by atoms with Crippen molar-refractivity contribution < 1.29 is 22.7 Å². The number of nitrogens with zero attached hydrogens (tertiary/aromatic N) is 2. The van der Waals surface area contributed by atoms with E-state index in [2.05, 4.69) is 28.2 Å². The van der Waals surface area contributed by atoms with Crippen molar-refractivity contribution in [2.45, 2.75) is 43.9 Å². The fourth-order valence-electron chi connectivity index (χ4n) is 4.57. The van der Waals surface area contributed by atoms with Crippen LogP contribution in [-0.2, 0) is 5.54 Å². The Kier molecular flexibility index (Phi) is 6.13. The van der Waals surface area contributed by atoms with E-state index in [9.17, 15) is 18.0 Å². The minimum atomic E-state index is -4.59. The van der Waals surface area contributed by atoms with Crippen molar-refractivity contribution in [3.8, 4) is 17.6 Å². The number of hydrogen-bond donors (Lipinski definition) is 1. The van der Waals surface area contributed by atoms with Crippen LogP contribution in [0.5, 0.6) is 5.75 Å². The lowest BCUT2D eigenvalue weighted by molar-refractivity contribution is -0.0696. The molecule has 1 N–H and O–H groups in total. The van der Waals surface area contributed by atoms with E-state index in [-0.39, 0.29) is 11.5 Å². The second-order valence-corrected chi connectivity index (χ2v) is 9.59. The molecule has 2 aliphatic rings. The van der Waals surface area contributed by atoms with Crippen LogP contribution in [0.25, 0.3) is 10.9 Å². The van der Waals surface area contributed by atoms with Crippen molar-refractivity contribution >= 4 is 16.8 Å². The molecule has 0 bridgehead atoms. The number of benzene rings is 2. The number of hydrogen-bond acceptors (Lipinski definition) is 4. The van der Waals surface area contributed by atoms with Crippen LogP contribution in [0.2, 0.25) is 0 Å².